The number of benzene rings is 1. The van der Waals surface area contributed by atoms with Gasteiger partial charge >= 0.3 is 0 Å². The number of hydrogen-bond acceptors (Lipinski definition) is 1. The Labute approximate surface area is 103 Å². The van der Waals surface area contributed by atoms with Crippen LogP contribution in [-0.2, 0) is 4.79 Å². The summed E-state index contributed by atoms with van der Waals surface area (Å²) in [6.45, 7) is 0. The van der Waals surface area contributed by atoms with E-state index in [1.165, 1.54) is 36.7 Å². The van der Waals surface area contributed by atoms with Gasteiger partial charge in [-0.15, -0.1) is 0 Å². The molecule has 1 aromatic carbocycles. The van der Waals surface area contributed by atoms with E-state index in [0.29, 0.717) is 5.92 Å². The molecule has 2 aliphatic carbocycles. The third-order valence-corrected chi connectivity index (χ3v) is 4.50. The lowest BCUT2D eigenvalue weighted by Gasteiger charge is -2.36. The zero-order chi connectivity index (χ0) is 11.7. The fourth-order valence-electron chi connectivity index (χ4n) is 3.55. The van der Waals surface area contributed by atoms with Crippen LogP contribution in [0.15, 0.2) is 36.4 Å². The van der Waals surface area contributed by atoms with E-state index in [4.69, 9.17) is 0 Å². The molecule has 1 heteroatoms. The van der Waals surface area contributed by atoms with Gasteiger partial charge in [0.05, 0.1) is 0 Å². The summed E-state index contributed by atoms with van der Waals surface area (Å²) in [7, 11) is 0. The van der Waals surface area contributed by atoms with Crippen LogP contribution in [0, 0.1) is 11.3 Å². The van der Waals surface area contributed by atoms with E-state index in [0.717, 1.165) is 12.8 Å². The highest BCUT2D eigenvalue weighted by Crippen LogP contribution is 2.53. The minimum atomic E-state index is -0.0660. The van der Waals surface area contributed by atoms with Crippen LogP contribution in [0.1, 0.15) is 37.7 Å². The topological polar surface area (TPSA) is 17.1 Å². The van der Waals surface area contributed by atoms with E-state index in [-0.39, 0.29) is 5.41 Å². The van der Waals surface area contributed by atoms with Crippen molar-refractivity contribution in [2.75, 3.05) is 0 Å². The summed E-state index contributed by atoms with van der Waals surface area (Å²) in [5.74, 6) is 0.469. The molecule has 0 heterocycles. The minimum Gasteiger partial charge on any atom is -0.303 e. The molecular weight excluding hydrogens is 208 g/mol. The van der Waals surface area contributed by atoms with Gasteiger partial charge in [-0.05, 0) is 36.3 Å². The molecule has 0 aromatic heterocycles. The second-order valence-corrected chi connectivity index (χ2v) is 5.38. The molecule has 3 rings (SSSR count). The molecule has 0 unspecified atom stereocenters. The maximum Gasteiger partial charge on any atom is 0.127 e. The first-order valence-corrected chi connectivity index (χ1v) is 6.57. The smallest absolute Gasteiger partial charge is 0.127 e. The number of allylic oxidation sites excluding steroid dienone is 2. The lowest BCUT2D eigenvalue weighted by atomic mass is 9.66. The molecule has 17 heavy (non-hydrogen) atoms. The molecule has 1 nitrogen and oxygen atoms in total. The van der Waals surface area contributed by atoms with Crippen LogP contribution in [0.4, 0.5) is 0 Å². The highest BCUT2D eigenvalue weighted by atomic mass is 16.1. The van der Waals surface area contributed by atoms with Gasteiger partial charge in [0.2, 0.25) is 0 Å². The molecule has 88 valence electrons. The van der Waals surface area contributed by atoms with E-state index >= 15 is 0 Å². The number of hydrogen-bond donors (Lipinski definition) is 0. The summed E-state index contributed by atoms with van der Waals surface area (Å²) in [5.41, 5.74) is 2.66. The van der Waals surface area contributed by atoms with Crippen LogP contribution in [0.3, 0.4) is 0 Å². The van der Waals surface area contributed by atoms with Crippen molar-refractivity contribution in [3.05, 3.63) is 42.0 Å². The molecule has 2 aliphatic rings. The van der Waals surface area contributed by atoms with Crippen LogP contribution in [0.5, 0.6) is 0 Å². The normalized spacial score (nSPS) is 31.8. The Morgan fingerprint density at radius 2 is 2.00 bits per heavy atom. The van der Waals surface area contributed by atoms with Crippen molar-refractivity contribution < 1.29 is 4.79 Å². The van der Waals surface area contributed by atoms with E-state index in [1.54, 1.807) is 0 Å². The van der Waals surface area contributed by atoms with Gasteiger partial charge in [-0.25, -0.2) is 0 Å². The molecule has 0 amide bonds. The van der Waals surface area contributed by atoms with Gasteiger partial charge in [0.1, 0.15) is 6.29 Å². The maximum atomic E-state index is 11.5. The number of aldehydes is 1. The van der Waals surface area contributed by atoms with Gasteiger partial charge in [0, 0.05) is 5.41 Å². The second-order valence-electron chi connectivity index (χ2n) is 5.38. The third-order valence-electron chi connectivity index (χ3n) is 4.50. The van der Waals surface area contributed by atoms with Crippen molar-refractivity contribution in [2.45, 2.75) is 32.1 Å². The van der Waals surface area contributed by atoms with Crippen LogP contribution in [0.25, 0.3) is 5.57 Å². The lowest BCUT2D eigenvalue weighted by molar-refractivity contribution is -0.118. The summed E-state index contributed by atoms with van der Waals surface area (Å²) in [6, 6.07) is 10.6. The van der Waals surface area contributed by atoms with Gasteiger partial charge in [-0.1, -0.05) is 49.2 Å². The Hall–Kier alpha value is -1.37. The van der Waals surface area contributed by atoms with Crippen molar-refractivity contribution in [1.29, 1.82) is 0 Å². The molecule has 0 aliphatic heterocycles. The van der Waals surface area contributed by atoms with Crippen molar-refractivity contribution in [2.24, 2.45) is 11.3 Å². The predicted molar refractivity (Wildman–Crippen MR) is 69.5 cm³/mol. The van der Waals surface area contributed by atoms with Crippen LogP contribution in [-0.4, -0.2) is 6.29 Å². The Kier molecular flexibility index (Phi) is 2.62. The summed E-state index contributed by atoms with van der Waals surface area (Å²) >= 11 is 0. The largest absolute Gasteiger partial charge is 0.303 e. The van der Waals surface area contributed by atoms with E-state index in [1.807, 2.05) is 6.07 Å². The minimum absolute atomic E-state index is 0.0660. The average molecular weight is 226 g/mol. The monoisotopic (exact) mass is 226 g/mol. The average Bonchev–Trinajstić information content (AvgIpc) is 2.80. The van der Waals surface area contributed by atoms with Crippen molar-refractivity contribution in [3.63, 3.8) is 0 Å². The van der Waals surface area contributed by atoms with E-state index < -0.39 is 0 Å². The van der Waals surface area contributed by atoms with Crippen molar-refractivity contribution in [3.8, 4) is 0 Å². The van der Waals surface area contributed by atoms with Crippen LogP contribution in [0.2, 0.25) is 0 Å². The molecular formula is C16H18O. The molecule has 0 N–H and O–H groups in total. The number of fused-ring (bicyclic) bond motifs is 1. The SMILES string of the molecule is O=C[C@@]12CC=C(c3ccccc3)[C@@H]1CCCC2. The first-order chi connectivity index (χ1) is 8.36. The Balaban J connectivity index is 1.96. The summed E-state index contributed by atoms with van der Waals surface area (Å²) < 4.78 is 0. The number of carbonyl (C=O) groups excluding carboxylic acids is 1. The van der Waals surface area contributed by atoms with E-state index in [2.05, 4.69) is 30.3 Å². The highest BCUT2D eigenvalue weighted by molar-refractivity contribution is 5.77. The Bertz CT molecular complexity index is 446. The lowest BCUT2D eigenvalue weighted by Crippen LogP contribution is -2.32. The van der Waals surface area contributed by atoms with Gasteiger partial charge in [-0.2, -0.15) is 0 Å². The first kappa shape index (κ1) is 10.8. The zero-order valence-corrected chi connectivity index (χ0v) is 10.1. The molecule has 2 atom stereocenters. The maximum absolute atomic E-state index is 11.5. The molecule has 0 spiro atoms. The van der Waals surface area contributed by atoms with E-state index in [9.17, 15) is 4.79 Å². The van der Waals surface area contributed by atoms with Gasteiger partial charge in [0.15, 0.2) is 0 Å². The molecule has 1 saturated carbocycles. The second kappa shape index (κ2) is 4.14. The van der Waals surface area contributed by atoms with Gasteiger partial charge < -0.3 is 4.79 Å². The molecule has 0 radical (unpaired) electrons. The van der Waals surface area contributed by atoms with Crippen molar-refractivity contribution >= 4 is 11.9 Å². The van der Waals surface area contributed by atoms with Crippen molar-refractivity contribution in [1.82, 2.24) is 0 Å². The summed E-state index contributed by atoms with van der Waals surface area (Å²) in [5, 5.41) is 0. The summed E-state index contributed by atoms with van der Waals surface area (Å²) in [4.78, 5) is 11.5. The molecule has 0 bridgehead atoms. The number of carbonyl (C=O) groups is 1. The molecule has 1 aromatic rings. The third kappa shape index (κ3) is 1.65. The highest BCUT2D eigenvalue weighted by Gasteiger charge is 2.45. The molecule has 0 saturated heterocycles. The van der Waals surface area contributed by atoms with Crippen LogP contribution < -0.4 is 0 Å². The Morgan fingerprint density at radius 3 is 2.76 bits per heavy atom. The van der Waals surface area contributed by atoms with Crippen LogP contribution >= 0.6 is 0 Å². The van der Waals surface area contributed by atoms with Gasteiger partial charge in [0.25, 0.3) is 0 Å². The summed E-state index contributed by atoms with van der Waals surface area (Å²) in [6.07, 6.45) is 9.23. The first-order valence-electron chi connectivity index (χ1n) is 6.57. The van der Waals surface area contributed by atoms with Gasteiger partial charge in [-0.3, -0.25) is 0 Å². The fourth-order valence-corrected chi connectivity index (χ4v) is 3.55. The predicted octanol–water partition coefficient (Wildman–Crippen LogP) is 3.85. The fraction of sp³-hybridized carbons (Fsp3) is 0.438. The number of rotatable bonds is 2. The molecule has 1 fully saturated rings. The standard InChI is InChI=1S/C16H18O/c17-12-16-10-5-4-8-15(16)14(9-11-16)13-6-2-1-3-7-13/h1-3,6-7,9,12,15H,4-5,8,10-11H2/t15-,16+/m0/s1. The zero-order valence-electron chi connectivity index (χ0n) is 10.1. The Morgan fingerprint density at radius 1 is 1.18 bits per heavy atom. The quantitative estimate of drug-likeness (QED) is 0.700.